The number of benzene rings is 1. The van der Waals surface area contributed by atoms with Crippen LogP contribution in [-0.4, -0.2) is 11.0 Å². The van der Waals surface area contributed by atoms with Gasteiger partial charge >= 0.3 is 0 Å². The zero-order valence-electron chi connectivity index (χ0n) is 8.90. The predicted octanol–water partition coefficient (Wildman–Crippen LogP) is 2.61. The molecule has 0 fully saturated rings. The molecule has 0 saturated carbocycles. The lowest BCUT2D eigenvalue weighted by molar-refractivity contribution is 0.920. The number of H-pyrrole nitrogens is 1. The minimum atomic E-state index is 0.134. The summed E-state index contributed by atoms with van der Waals surface area (Å²) >= 11 is 0. The van der Waals surface area contributed by atoms with Crippen molar-refractivity contribution in [3.8, 4) is 0 Å². The van der Waals surface area contributed by atoms with Crippen LogP contribution in [0, 0.1) is 0 Å². The number of aromatic amines is 1. The second kappa shape index (κ2) is 4.32. The zero-order chi connectivity index (χ0) is 10.7. The van der Waals surface area contributed by atoms with Crippen molar-refractivity contribution in [1.29, 1.82) is 0 Å². The summed E-state index contributed by atoms with van der Waals surface area (Å²) in [4.78, 5) is 3.26. The molecular weight excluding hydrogens is 184 g/mol. The van der Waals surface area contributed by atoms with Gasteiger partial charge in [0, 0.05) is 23.1 Å². The maximum Gasteiger partial charge on any atom is 0.0456 e. The van der Waals surface area contributed by atoms with Gasteiger partial charge in [0.2, 0.25) is 0 Å². The molecule has 0 bridgehead atoms. The summed E-state index contributed by atoms with van der Waals surface area (Å²) in [6.45, 7) is 1.98. The van der Waals surface area contributed by atoms with Gasteiger partial charge < -0.3 is 10.7 Å². The number of fused-ring (bicyclic) bond motifs is 1. The Balaban J connectivity index is 2.21. The van der Waals surface area contributed by atoms with E-state index in [0.29, 0.717) is 0 Å². The molecule has 0 aliphatic carbocycles. The first-order chi connectivity index (χ1) is 7.27. The molecule has 15 heavy (non-hydrogen) atoms. The average molecular weight is 200 g/mol. The smallest absolute Gasteiger partial charge is 0.0456 e. The first kappa shape index (κ1) is 9.99. The molecule has 1 heterocycles. The van der Waals surface area contributed by atoms with E-state index in [-0.39, 0.29) is 6.04 Å². The van der Waals surface area contributed by atoms with Crippen LogP contribution in [0.25, 0.3) is 10.9 Å². The monoisotopic (exact) mass is 200 g/mol. The second-order valence-electron chi connectivity index (χ2n) is 3.85. The first-order valence-corrected chi connectivity index (χ1v) is 5.24. The van der Waals surface area contributed by atoms with E-state index in [0.717, 1.165) is 6.42 Å². The van der Waals surface area contributed by atoms with E-state index in [9.17, 15) is 0 Å². The topological polar surface area (TPSA) is 41.8 Å². The van der Waals surface area contributed by atoms with Gasteiger partial charge in [0.15, 0.2) is 0 Å². The van der Waals surface area contributed by atoms with E-state index >= 15 is 0 Å². The fraction of sp³-hybridized carbons (Fsp3) is 0.231. The predicted molar refractivity (Wildman–Crippen MR) is 64.8 cm³/mol. The Morgan fingerprint density at radius 1 is 1.40 bits per heavy atom. The van der Waals surface area contributed by atoms with Gasteiger partial charge in [-0.25, -0.2) is 0 Å². The Hall–Kier alpha value is -1.54. The highest BCUT2D eigenvalue weighted by Crippen LogP contribution is 2.18. The van der Waals surface area contributed by atoms with Crippen LogP contribution >= 0.6 is 0 Å². The first-order valence-electron chi connectivity index (χ1n) is 5.24. The number of nitrogens with two attached hydrogens (primary N) is 1. The van der Waals surface area contributed by atoms with E-state index < -0.39 is 0 Å². The molecule has 1 aromatic heterocycles. The molecule has 1 unspecified atom stereocenters. The van der Waals surface area contributed by atoms with E-state index in [2.05, 4.69) is 35.5 Å². The number of para-hydroxylation sites is 1. The fourth-order valence-electron chi connectivity index (χ4n) is 1.71. The van der Waals surface area contributed by atoms with Crippen LogP contribution in [0.3, 0.4) is 0 Å². The molecule has 0 aliphatic heterocycles. The highest BCUT2D eigenvalue weighted by molar-refractivity contribution is 5.83. The minimum Gasteiger partial charge on any atom is -0.361 e. The molecule has 2 rings (SSSR count). The molecule has 2 aromatic rings. The maximum absolute atomic E-state index is 5.65. The van der Waals surface area contributed by atoms with Crippen molar-refractivity contribution in [1.82, 2.24) is 4.98 Å². The molecule has 0 aliphatic rings. The van der Waals surface area contributed by atoms with Crippen molar-refractivity contribution in [3.05, 3.63) is 48.2 Å². The van der Waals surface area contributed by atoms with Crippen LogP contribution < -0.4 is 5.73 Å². The summed E-state index contributed by atoms with van der Waals surface area (Å²) in [5, 5.41) is 1.30. The Morgan fingerprint density at radius 2 is 2.20 bits per heavy atom. The molecule has 1 aromatic carbocycles. The Kier molecular flexibility index (Phi) is 2.88. The summed E-state index contributed by atoms with van der Waals surface area (Å²) in [6.07, 6.45) is 7.16. The van der Waals surface area contributed by atoms with Crippen LogP contribution in [0.2, 0.25) is 0 Å². The van der Waals surface area contributed by atoms with Gasteiger partial charge in [-0.3, -0.25) is 0 Å². The van der Waals surface area contributed by atoms with Crippen LogP contribution in [0.4, 0.5) is 0 Å². The molecular formula is C13H16N2. The maximum atomic E-state index is 5.65. The van der Waals surface area contributed by atoms with Crippen LogP contribution in [0.5, 0.6) is 0 Å². The number of hydrogen-bond donors (Lipinski definition) is 2. The van der Waals surface area contributed by atoms with Gasteiger partial charge in [0.25, 0.3) is 0 Å². The highest BCUT2D eigenvalue weighted by atomic mass is 14.7. The Labute approximate surface area is 89.8 Å². The summed E-state index contributed by atoms with van der Waals surface area (Å²) in [7, 11) is 0. The number of allylic oxidation sites excluding steroid dienone is 1. The van der Waals surface area contributed by atoms with Crippen molar-refractivity contribution < 1.29 is 0 Å². The molecule has 3 N–H and O–H groups in total. The van der Waals surface area contributed by atoms with Crippen molar-refractivity contribution in [3.63, 3.8) is 0 Å². The fourth-order valence-corrected chi connectivity index (χ4v) is 1.71. The molecule has 0 amide bonds. The normalized spacial score (nSPS) is 13.7. The highest BCUT2D eigenvalue weighted by Gasteiger charge is 1.99. The molecule has 0 radical (unpaired) electrons. The summed E-state index contributed by atoms with van der Waals surface area (Å²) in [5.74, 6) is 0. The average Bonchev–Trinajstić information content (AvgIpc) is 2.62. The van der Waals surface area contributed by atoms with Gasteiger partial charge in [0.05, 0.1) is 0 Å². The molecule has 1 atom stereocenters. The lowest BCUT2D eigenvalue weighted by Gasteiger charge is -1.95. The third kappa shape index (κ3) is 2.28. The summed E-state index contributed by atoms with van der Waals surface area (Å²) < 4.78 is 0. The summed E-state index contributed by atoms with van der Waals surface area (Å²) in [6, 6.07) is 8.47. The number of aromatic nitrogens is 1. The van der Waals surface area contributed by atoms with Crippen LogP contribution in [0.15, 0.2) is 42.6 Å². The largest absolute Gasteiger partial charge is 0.361 e. The van der Waals surface area contributed by atoms with E-state index in [1.54, 1.807) is 0 Å². The minimum absolute atomic E-state index is 0.134. The Bertz CT molecular complexity index is 466. The van der Waals surface area contributed by atoms with Crippen LogP contribution in [-0.2, 0) is 6.42 Å². The second-order valence-corrected chi connectivity index (χ2v) is 3.85. The summed E-state index contributed by atoms with van der Waals surface area (Å²) in [5.41, 5.74) is 8.17. The van der Waals surface area contributed by atoms with Gasteiger partial charge in [-0.15, -0.1) is 0 Å². The standard InChI is InChI=1S/C13H16N2/c1-10(14)5-4-6-11-9-15-13-8-3-2-7-12(11)13/h2-5,7-10,15H,6,14H2,1H3/b5-4+. The molecule has 78 valence electrons. The molecule has 0 saturated heterocycles. The lowest BCUT2D eigenvalue weighted by atomic mass is 10.1. The zero-order valence-corrected chi connectivity index (χ0v) is 8.90. The van der Waals surface area contributed by atoms with E-state index in [1.807, 2.05) is 19.1 Å². The molecule has 2 nitrogen and oxygen atoms in total. The van der Waals surface area contributed by atoms with E-state index in [4.69, 9.17) is 5.73 Å². The van der Waals surface area contributed by atoms with E-state index in [1.165, 1.54) is 16.5 Å². The lowest BCUT2D eigenvalue weighted by Crippen LogP contribution is -2.10. The number of hydrogen-bond acceptors (Lipinski definition) is 1. The van der Waals surface area contributed by atoms with Gasteiger partial charge in [-0.2, -0.15) is 0 Å². The van der Waals surface area contributed by atoms with Gasteiger partial charge in [0.1, 0.15) is 0 Å². The van der Waals surface area contributed by atoms with Gasteiger partial charge in [-0.05, 0) is 25.0 Å². The van der Waals surface area contributed by atoms with Crippen LogP contribution in [0.1, 0.15) is 12.5 Å². The van der Waals surface area contributed by atoms with Crippen molar-refractivity contribution >= 4 is 10.9 Å². The third-order valence-electron chi connectivity index (χ3n) is 2.45. The molecule has 0 spiro atoms. The van der Waals surface area contributed by atoms with Crippen molar-refractivity contribution in [2.75, 3.05) is 0 Å². The Morgan fingerprint density at radius 3 is 3.00 bits per heavy atom. The number of nitrogens with one attached hydrogen (secondary N) is 1. The van der Waals surface area contributed by atoms with Gasteiger partial charge in [-0.1, -0.05) is 30.4 Å². The quantitative estimate of drug-likeness (QED) is 0.735. The number of rotatable bonds is 3. The molecule has 2 heteroatoms. The third-order valence-corrected chi connectivity index (χ3v) is 2.45. The van der Waals surface area contributed by atoms with Crippen molar-refractivity contribution in [2.24, 2.45) is 5.73 Å². The SMILES string of the molecule is CC(N)/C=C/Cc1c[nH]c2ccccc12. The van der Waals surface area contributed by atoms with Crippen molar-refractivity contribution in [2.45, 2.75) is 19.4 Å².